The summed E-state index contributed by atoms with van der Waals surface area (Å²) in [5.74, 6) is -1.34. The van der Waals surface area contributed by atoms with Gasteiger partial charge in [-0.25, -0.2) is 9.82 Å². The number of nitrogens with zero attached hydrogens (tertiary/aromatic N) is 3. The molecule has 4 aromatic rings. The lowest BCUT2D eigenvalue weighted by molar-refractivity contribution is 0.0953. The quantitative estimate of drug-likeness (QED) is 0.283. The van der Waals surface area contributed by atoms with Crippen LogP contribution >= 0.6 is 11.6 Å². The Labute approximate surface area is 204 Å². The lowest BCUT2D eigenvalue weighted by Crippen LogP contribution is -2.20. The highest BCUT2D eigenvalue weighted by atomic mass is 35.5. The molecule has 0 aliphatic rings. The minimum absolute atomic E-state index is 0.00957. The van der Waals surface area contributed by atoms with Gasteiger partial charge in [-0.1, -0.05) is 35.0 Å². The maximum atomic E-state index is 14.4. The Morgan fingerprint density at radius 1 is 1.03 bits per heavy atom. The molecular formula is C25H19ClFN5O3. The molecule has 2 heterocycles. The zero-order valence-electron chi connectivity index (χ0n) is 18.7. The smallest absolute Gasteiger partial charge is 0.277 e. The number of carbonyl (C=O) groups is 2. The molecule has 4 rings (SSSR count). The first-order valence-corrected chi connectivity index (χ1v) is 10.8. The Bertz CT molecular complexity index is 1400. The van der Waals surface area contributed by atoms with Gasteiger partial charge in [0.2, 0.25) is 0 Å². The summed E-state index contributed by atoms with van der Waals surface area (Å²) in [6.45, 7) is 3.24. The van der Waals surface area contributed by atoms with Crippen molar-refractivity contribution in [2.24, 2.45) is 5.10 Å². The number of hydrogen-bond donors (Lipinski definition) is 2. The zero-order valence-corrected chi connectivity index (χ0v) is 19.4. The molecule has 0 fully saturated rings. The molecule has 10 heteroatoms. The Hall–Kier alpha value is -4.37. The minimum Gasteiger partial charge on any atom is -0.360 e. The Balaban J connectivity index is 1.48. The molecule has 0 saturated carbocycles. The fraction of sp³-hybridized carbons (Fsp3) is 0.0800. The third kappa shape index (κ3) is 5.25. The van der Waals surface area contributed by atoms with E-state index in [2.05, 4.69) is 26.0 Å². The van der Waals surface area contributed by atoms with E-state index in [9.17, 15) is 14.0 Å². The second kappa shape index (κ2) is 10.3. The Morgan fingerprint density at radius 2 is 1.80 bits per heavy atom. The molecule has 2 amide bonds. The van der Waals surface area contributed by atoms with Crippen LogP contribution in [0, 0.1) is 12.7 Å². The molecule has 0 bridgehead atoms. The van der Waals surface area contributed by atoms with Gasteiger partial charge >= 0.3 is 0 Å². The van der Waals surface area contributed by atoms with E-state index in [0.717, 1.165) is 0 Å². The monoisotopic (exact) mass is 491 g/mol. The van der Waals surface area contributed by atoms with Crippen molar-refractivity contribution in [3.05, 3.63) is 100 Å². The fourth-order valence-electron chi connectivity index (χ4n) is 3.28. The molecule has 0 spiro atoms. The van der Waals surface area contributed by atoms with Gasteiger partial charge in [0.05, 0.1) is 21.9 Å². The molecule has 0 aliphatic heterocycles. The molecule has 176 valence electrons. The number of aromatic nitrogens is 2. The van der Waals surface area contributed by atoms with E-state index >= 15 is 0 Å². The van der Waals surface area contributed by atoms with Crippen molar-refractivity contribution in [2.75, 3.05) is 5.32 Å². The molecule has 0 aliphatic carbocycles. The van der Waals surface area contributed by atoms with Gasteiger partial charge in [-0.2, -0.15) is 5.10 Å². The molecule has 0 saturated heterocycles. The average Bonchev–Trinajstić information content (AvgIpc) is 3.24. The normalized spacial score (nSPS) is 11.3. The van der Waals surface area contributed by atoms with Gasteiger partial charge in [0.15, 0.2) is 0 Å². The molecular weight excluding hydrogens is 473 g/mol. The molecule has 35 heavy (non-hydrogen) atoms. The van der Waals surface area contributed by atoms with E-state index < -0.39 is 11.7 Å². The Kier molecular flexibility index (Phi) is 6.98. The van der Waals surface area contributed by atoms with Crippen LogP contribution in [0.25, 0.3) is 11.3 Å². The van der Waals surface area contributed by atoms with Crippen molar-refractivity contribution in [2.45, 2.75) is 13.8 Å². The lowest BCUT2D eigenvalue weighted by atomic mass is 10.1. The summed E-state index contributed by atoms with van der Waals surface area (Å²) in [5.41, 5.74) is 4.69. The molecule has 2 N–H and O–H groups in total. The van der Waals surface area contributed by atoms with E-state index in [4.69, 9.17) is 16.1 Å². The summed E-state index contributed by atoms with van der Waals surface area (Å²) in [6.07, 6.45) is 3.07. The highest BCUT2D eigenvalue weighted by Gasteiger charge is 2.25. The SMILES string of the molecule is C/C(=N/NC(=O)c1c(-c2c(F)cccc2Cl)noc1C)c1ccc(NC(=O)c2cccnc2)cc1. The van der Waals surface area contributed by atoms with Crippen LogP contribution in [0.3, 0.4) is 0 Å². The van der Waals surface area contributed by atoms with Gasteiger partial charge < -0.3 is 9.84 Å². The number of hydrogen-bond acceptors (Lipinski definition) is 6. The number of rotatable bonds is 6. The number of aryl methyl sites for hydroxylation is 1. The maximum absolute atomic E-state index is 14.4. The number of anilines is 1. The van der Waals surface area contributed by atoms with Crippen LogP contribution in [0.1, 0.15) is 39.0 Å². The van der Waals surface area contributed by atoms with Crippen LogP contribution in [-0.4, -0.2) is 27.7 Å². The van der Waals surface area contributed by atoms with Crippen LogP contribution in [0.15, 0.2) is 76.6 Å². The first-order chi connectivity index (χ1) is 16.8. The summed E-state index contributed by atoms with van der Waals surface area (Å²) in [4.78, 5) is 29.0. The van der Waals surface area contributed by atoms with Gasteiger partial charge in [-0.3, -0.25) is 14.6 Å². The first-order valence-electron chi connectivity index (χ1n) is 10.4. The van der Waals surface area contributed by atoms with Gasteiger partial charge in [0, 0.05) is 18.1 Å². The van der Waals surface area contributed by atoms with Crippen molar-refractivity contribution < 1.29 is 18.5 Å². The van der Waals surface area contributed by atoms with Crippen molar-refractivity contribution in [1.82, 2.24) is 15.6 Å². The van der Waals surface area contributed by atoms with Crippen LogP contribution in [0.4, 0.5) is 10.1 Å². The topological polar surface area (TPSA) is 109 Å². The summed E-state index contributed by atoms with van der Waals surface area (Å²) in [6, 6.07) is 14.4. The number of hydrazone groups is 1. The van der Waals surface area contributed by atoms with Crippen LogP contribution in [0.2, 0.25) is 5.02 Å². The Morgan fingerprint density at radius 3 is 2.49 bits per heavy atom. The number of amides is 2. The van der Waals surface area contributed by atoms with Gasteiger partial charge in [-0.05, 0) is 55.8 Å². The van der Waals surface area contributed by atoms with E-state index in [1.807, 2.05) is 0 Å². The molecule has 8 nitrogen and oxygen atoms in total. The van der Waals surface area contributed by atoms with Crippen LogP contribution < -0.4 is 10.7 Å². The van der Waals surface area contributed by atoms with Gasteiger partial charge in [0.25, 0.3) is 11.8 Å². The van der Waals surface area contributed by atoms with Crippen LogP contribution in [0.5, 0.6) is 0 Å². The molecule has 0 atom stereocenters. The highest BCUT2D eigenvalue weighted by Crippen LogP contribution is 2.33. The predicted octanol–water partition coefficient (Wildman–Crippen LogP) is 5.24. The number of benzene rings is 2. The third-order valence-corrected chi connectivity index (χ3v) is 5.41. The van der Waals surface area contributed by atoms with Crippen molar-refractivity contribution in [3.63, 3.8) is 0 Å². The van der Waals surface area contributed by atoms with E-state index in [-0.39, 0.29) is 33.5 Å². The fourth-order valence-corrected chi connectivity index (χ4v) is 3.54. The average molecular weight is 492 g/mol. The third-order valence-electron chi connectivity index (χ3n) is 5.10. The second-order valence-corrected chi connectivity index (χ2v) is 7.88. The number of carbonyl (C=O) groups excluding carboxylic acids is 2. The molecule has 2 aromatic carbocycles. The highest BCUT2D eigenvalue weighted by molar-refractivity contribution is 6.33. The number of nitrogens with one attached hydrogen (secondary N) is 2. The summed E-state index contributed by atoms with van der Waals surface area (Å²) in [7, 11) is 0. The number of pyridine rings is 1. The summed E-state index contributed by atoms with van der Waals surface area (Å²) < 4.78 is 19.5. The van der Waals surface area contributed by atoms with Crippen molar-refractivity contribution in [1.29, 1.82) is 0 Å². The minimum atomic E-state index is -0.629. The van der Waals surface area contributed by atoms with E-state index in [1.165, 1.54) is 31.3 Å². The van der Waals surface area contributed by atoms with E-state index in [0.29, 0.717) is 22.5 Å². The number of halogens is 2. The van der Waals surface area contributed by atoms with Gasteiger partial charge in [0.1, 0.15) is 22.8 Å². The first kappa shape index (κ1) is 23.8. The summed E-state index contributed by atoms with van der Waals surface area (Å²) in [5, 5.41) is 10.8. The van der Waals surface area contributed by atoms with Crippen molar-refractivity contribution >= 4 is 34.8 Å². The maximum Gasteiger partial charge on any atom is 0.277 e. The van der Waals surface area contributed by atoms with E-state index in [1.54, 1.807) is 49.5 Å². The standard InChI is InChI=1S/C25H19ClFN5O3/c1-14(16-8-10-18(11-9-16)29-24(33)17-5-4-12-28-13-17)30-31-25(34)21-15(2)35-32-23(21)22-19(26)6-3-7-20(22)27/h3-13H,1-2H3,(H,29,33)(H,31,34)/b30-14-. The molecule has 0 unspecified atom stereocenters. The van der Waals surface area contributed by atoms with Crippen LogP contribution in [-0.2, 0) is 0 Å². The van der Waals surface area contributed by atoms with Crippen molar-refractivity contribution in [3.8, 4) is 11.3 Å². The molecule has 2 aromatic heterocycles. The second-order valence-electron chi connectivity index (χ2n) is 7.47. The lowest BCUT2D eigenvalue weighted by Gasteiger charge is -2.07. The van der Waals surface area contributed by atoms with Gasteiger partial charge in [-0.15, -0.1) is 0 Å². The molecule has 0 radical (unpaired) electrons. The zero-order chi connectivity index (χ0) is 24.9. The summed E-state index contributed by atoms with van der Waals surface area (Å²) >= 11 is 6.13. The predicted molar refractivity (Wildman–Crippen MR) is 130 cm³/mol. The largest absolute Gasteiger partial charge is 0.360 e.